The molecule has 17 heavy (non-hydrogen) atoms. The summed E-state index contributed by atoms with van der Waals surface area (Å²) in [6.45, 7) is 2.86. The van der Waals surface area contributed by atoms with Crippen molar-refractivity contribution < 1.29 is 9.18 Å². The normalized spacial score (nSPS) is 16.6. The lowest BCUT2D eigenvalue weighted by Gasteiger charge is -2.13. The Kier molecular flexibility index (Phi) is 3.52. The van der Waals surface area contributed by atoms with Crippen molar-refractivity contribution >= 4 is 21.8 Å². The van der Waals surface area contributed by atoms with Crippen molar-refractivity contribution in [1.29, 1.82) is 0 Å². The minimum absolute atomic E-state index is 0.142. The summed E-state index contributed by atoms with van der Waals surface area (Å²) in [6, 6.07) is 4.11. The van der Waals surface area contributed by atoms with Crippen molar-refractivity contribution in [1.82, 2.24) is 5.32 Å². The standard InChI is InChI=1S/C13H15BrFNO/c1-2-13(5-6-13)8-16-12(17)10-4-3-9(15)7-11(10)14/h3-4,7H,2,5-6,8H2,1H3,(H,16,17). The van der Waals surface area contributed by atoms with Gasteiger partial charge in [0.25, 0.3) is 5.91 Å². The predicted molar refractivity (Wildman–Crippen MR) is 68.4 cm³/mol. The maximum atomic E-state index is 12.9. The summed E-state index contributed by atoms with van der Waals surface area (Å²) in [7, 11) is 0. The minimum atomic E-state index is -0.347. The molecule has 0 bridgehead atoms. The van der Waals surface area contributed by atoms with Crippen LogP contribution in [0.2, 0.25) is 0 Å². The fourth-order valence-electron chi connectivity index (χ4n) is 1.87. The Balaban J connectivity index is 2.00. The highest BCUT2D eigenvalue weighted by Crippen LogP contribution is 2.47. The van der Waals surface area contributed by atoms with E-state index < -0.39 is 0 Å². The van der Waals surface area contributed by atoms with Crippen LogP contribution in [0.5, 0.6) is 0 Å². The fraction of sp³-hybridized carbons (Fsp3) is 0.462. The second-order valence-corrected chi connectivity index (χ2v) is 5.51. The molecule has 0 spiro atoms. The molecule has 1 saturated carbocycles. The van der Waals surface area contributed by atoms with Crippen molar-refractivity contribution in [2.45, 2.75) is 26.2 Å². The van der Waals surface area contributed by atoms with E-state index >= 15 is 0 Å². The van der Waals surface area contributed by atoms with E-state index in [4.69, 9.17) is 0 Å². The number of carbonyl (C=O) groups excluding carboxylic acids is 1. The number of hydrogen-bond acceptors (Lipinski definition) is 1. The van der Waals surface area contributed by atoms with E-state index in [1.165, 1.54) is 31.0 Å². The number of amides is 1. The highest BCUT2D eigenvalue weighted by molar-refractivity contribution is 9.10. The SMILES string of the molecule is CCC1(CNC(=O)c2ccc(F)cc2Br)CC1. The van der Waals surface area contributed by atoms with Crippen molar-refractivity contribution in [2.24, 2.45) is 5.41 Å². The van der Waals surface area contributed by atoms with Crippen LogP contribution in [0, 0.1) is 11.2 Å². The molecule has 1 aromatic carbocycles. The number of halogens is 2. The molecule has 0 saturated heterocycles. The molecule has 0 radical (unpaired) electrons. The van der Waals surface area contributed by atoms with Gasteiger partial charge in [0.2, 0.25) is 0 Å². The summed E-state index contributed by atoms with van der Waals surface area (Å²) in [5.74, 6) is -0.489. The van der Waals surface area contributed by atoms with Gasteiger partial charge in [0.05, 0.1) is 5.56 Å². The van der Waals surface area contributed by atoms with E-state index in [1.54, 1.807) is 0 Å². The van der Waals surface area contributed by atoms with Crippen LogP contribution in [0.3, 0.4) is 0 Å². The summed E-state index contributed by atoms with van der Waals surface area (Å²) < 4.78 is 13.4. The summed E-state index contributed by atoms with van der Waals surface area (Å²) in [4.78, 5) is 11.9. The molecule has 2 nitrogen and oxygen atoms in total. The van der Waals surface area contributed by atoms with Crippen LogP contribution < -0.4 is 5.32 Å². The molecular weight excluding hydrogens is 285 g/mol. The van der Waals surface area contributed by atoms with Crippen LogP contribution in [-0.2, 0) is 0 Å². The van der Waals surface area contributed by atoms with Crippen LogP contribution >= 0.6 is 15.9 Å². The third-order valence-electron chi connectivity index (χ3n) is 3.51. The highest BCUT2D eigenvalue weighted by Gasteiger charge is 2.40. The molecule has 1 aromatic rings. The molecule has 0 aromatic heterocycles. The highest BCUT2D eigenvalue weighted by atomic mass is 79.9. The predicted octanol–water partition coefficient (Wildman–Crippen LogP) is 3.51. The van der Waals surface area contributed by atoms with Gasteiger partial charge in [-0.3, -0.25) is 4.79 Å². The van der Waals surface area contributed by atoms with E-state index in [9.17, 15) is 9.18 Å². The van der Waals surface area contributed by atoms with Gasteiger partial charge in [-0.1, -0.05) is 6.92 Å². The Hall–Kier alpha value is -0.900. The van der Waals surface area contributed by atoms with Gasteiger partial charge in [0.15, 0.2) is 0 Å². The lowest BCUT2D eigenvalue weighted by molar-refractivity contribution is 0.0943. The molecule has 1 N–H and O–H groups in total. The largest absolute Gasteiger partial charge is 0.351 e. The fourth-order valence-corrected chi connectivity index (χ4v) is 2.40. The zero-order valence-electron chi connectivity index (χ0n) is 9.72. The van der Waals surface area contributed by atoms with Crippen molar-refractivity contribution in [2.75, 3.05) is 6.54 Å². The first-order valence-corrected chi connectivity index (χ1v) is 6.59. The maximum Gasteiger partial charge on any atom is 0.252 e. The van der Waals surface area contributed by atoms with Gasteiger partial charge >= 0.3 is 0 Å². The van der Waals surface area contributed by atoms with Crippen LogP contribution in [0.4, 0.5) is 4.39 Å². The Morgan fingerprint density at radius 2 is 2.24 bits per heavy atom. The van der Waals surface area contributed by atoms with E-state index in [2.05, 4.69) is 28.2 Å². The molecule has 1 amide bonds. The van der Waals surface area contributed by atoms with Gasteiger partial charge in [0, 0.05) is 11.0 Å². The van der Waals surface area contributed by atoms with E-state index in [0.29, 0.717) is 22.0 Å². The summed E-state index contributed by atoms with van der Waals surface area (Å²) in [5, 5.41) is 2.92. The first kappa shape index (κ1) is 12.6. The van der Waals surface area contributed by atoms with Crippen molar-refractivity contribution in [3.63, 3.8) is 0 Å². The Morgan fingerprint density at radius 1 is 1.53 bits per heavy atom. The molecule has 1 fully saturated rings. The molecule has 1 aliphatic rings. The van der Waals surface area contributed by atoms with Crippen LogP contribution in [0.1, 0.15) is 36.5 Å². The second-order valence-electron chi connectivity index (χ2n) is 4.66. The first-order valence-electron chi connectivity index (χ1n) is 5.79. The summed E-state index contributed by atoms with van der Waals surface area (Å²) in [6.07, 6.45) is 3.47. The molecule has 2 rings (SSSR count). The van der Waals surface area contributed by atoms with E-state index in [0.717, 1.165) is 6.42 Å². The van der Waals surface area contributed by atoms with Crippen LogP contribution in [-0.4, -0.2) is 12.5 Å². The van der Waals surface area contributed by atoms with E-state index in [-0.39, 0.29) is 11.7 Å². The first-order chi connectivity index (χ1) is 8.06. The Labute approximate surface area is 109 Å². The number of benzene rings is 1. The molecule has 92 valence electrons. The third-order valence-corrected chi connectivity index (χ3v) is 4.16. The number of hydrogen-bond donors (Lipinski definition) is 1. The number of nitrogens with one attached hydrogen (secondary N) is 1. The van der Waals surface area contributed by atoms with Gasteiger partial charge < -0.3 is 5.32 Å². The monoisotopic (exact) mass is 299 g/mol. The lowest BCUT2D eigenvalue weighted by atomic mass is 10.0. The van der Waals surface area contributed by atoms with Crippen LogP contribution in [0.25, 0.3) is 0 Å². The molecule has 1 aliphatic carbocycles. The number of rotatable bonds is 4. The molecule has 0 aliphatic heterocycles. The molecule has 0 heterocycles. The van der Waals surface area contributed by atoms with Crippen LogP contribution in [0.15, 0.2) is 22.7 Å². The maximum absolute atomic E-state index is 12.9. The average molecular weight is 300 g/mol. The Bertz CT molecular complexity index is 443. The van der Waals surface area contributed by atoms with Gasteiger partial charge in [0.1, 0.15) is 5.82 Å². The van der Waals surface area contributed by atoms with Gasteiger partial charge in [-0.2, -0.15) is 0 Å². The second kappa shape index (κ2) is 4.77. The zero-order valence-corrected chi connectivity index (χ0v) is 11.3. The zero-order chi connectivity index (χ0) is 12.5. The molecule has 0 unspecified atom stereocenters. The van der Waals surface area contributed by atoms with E-state index in [1.807, 2.05) is 0 Å². The smallest absolute Gasteiger partial charge is 0.252 e. The number of carbonyl (C=O) groups is 1. The Morgan fingerprint density at radius 3 is 2.76 bits per heavy atom. The molecular formula is C13H15BrFNO. The topological polar surface area (TPSA) is 29.1 Å². The van der Waals surface area contributed by atoms with Gasteiger partial charge in [-0.15, -0.1) is 0 Å². The molecule has 0 atom stereocenters. The summed E-state index contributed by atoms with van der Waals surface area (Å²) >= 11 is 3.20. The summed E-state index contributed by atoms with van der Waals surface area (Å²) in [5.41, 5.74) is 0.806. The molecule has 4 heteroatoms. The average Bonchev–Trinajstić information content (AvgIpc) is 3.07. The van der Waals surface area contributed by atoms with Gasteiger partial charge in [-0.05, 0) is 58.8 Å². The third kappa shape index (κ3) is 2.86. The van der Waals surface area contributed by atoms with Crippen molar-refractivity contribution in [3.05, 3.63) is 34.1 Å². The minimum Gasteiger partial charge on any atom is -0.351 e. The van der Waals surface area contributed by atoms with Crippen molar-refractivity contribution in [3.8, 4) is 0 Å². The quantitative estimate of drug-likeness (QED) is 0.906. The van der Waals surface area contributed by atoms with Gasteiger partial charge in [-0.25, -0.2) is 4.39 Å². The lowest BCUT2D eigenvalue weighted by Crippen LogP contribution is -2.30.